The standard InChI is InChI=1S/C12H14F3NO3/c13-12(14,15)10(17)8-16(7-6-11(18)19)9-4-2-1-3-5-9/h1-5,10,17H,6-8H2,(H,18,19). The summed E-state index contributed by atoms with van der Waals surface area (Å²) in [6.07, 6.45) is -7.54. The SMILES string of the molecule is O=C(O)CCN(CC(O)C(F)(F)F)c1ccccc1. The van der Waals surface area contributed by atoms with Gasteiger partial charge < -0.3 is 15.1 Å². The third kappa shape index (κ3) is 5.17. The van der Waals surface area contributed by atoms with Gasteiger partial charge in [-0.2, -0.15) is 13.2 Å². The van der Waals surface area contributed by atoms with Gasteiger partial charge in [-0.05, 0) is 12.1 Å². The summed E-state index contributed by atoms with van der Waals surface area (Å²) in [4.78, 5) is 11.7. The van der Waals surface area contributed by atoms with E-state index in [1.54, 1.807) is 30.3 Å². The number of hydrogen-bond acceptors (Lipinski definition) is 3. The van der Waals surface area contributed by atoms with E-state index in [0.717, 1.165) is 0 Å². The molecule has 1 unspecified atom stereocenters. The second kappa shape index (κ2) is 6.42. The Morgan fingerprint density at radius 3 is 2.32 bits per heavy atom. The molecule has 7 heteroatoms. The average Bonchev–Trinajstić information content (AvgIpc) is 2.33. The van der Waals surface area contributed by atoms with Crippen LogP contribution in [0.5, 0.6) is 0 Å². The molecule has 1 rings (SSSR count). The van der Waals surface area contributed by atoms with Crippen LogP contribution in [0, 0.1) is 0 Å². The van der Waals surface area contributed by atoms with Gasteiger partial charge in [0.25, 0.3) is 0 Å². The summed E-state index contributed by atoms with van der Waals surface area (Å²) in [5.74, 6) is -1.11. The van der Waals surface area contributed by atoms with Crippen molar-refractivity contribution in [3.8, 4) is 0 Å². The normalized spacial score (nSPS) is 13.1. The molecular formula is C12H14F3NO3. The number of para-hydroxylation sites is 1. The predicted molar refractivity (Wildman–Crippen MR) is 63.0 cm³/mol. The van der Waals surface area contributed by atoms with Crippen LogP contribution < -0.4 is 4.90 Å². The smallest absolute Gasteiger partial charge is 0.416 e. The van der Waals surface area contributed by atoms with Crippen LogP contribution in [0.2, 0.25) is 0 Å². The zero-order valence-electron chi connectivity index (χ0n) is 9.97. The minimum atomic E-state index is -4.73. The van der Waals surface area contributed by atoms with E-state index in [9.17, 15) is 18.0 Å². The maximum Gasteiger partial charge on any atom is 0.416 e. The van der Waals surface area contributed by atoms with Crippen LogP contribution in [-0.2, 0) is 4.79 Å². The molecule has 2 N–H and O–H groups in total. The van der Waals surface area contributed by atoms with Gasteiger partial charge in [0.05, 0.1) is 13.0 Å². The monoisotopic (exact) mass is 277 g/mol. The number of anilines is 1. The second-order valence-electron chi connectivity index (χ2n) is 3.98. The number of carboxylic acid groups (broad SMARTS) is 1. The lowest BCUT2D eigenvalue weighted by molar-refractivity contribution is -0.200. The van der Waals surface area contributed by atoms with Crippen LogP contribution in [0.4, 0.5) is 18.9 Å². The zero-order chi connectivity index (χ0) is 14.5. The maximum absolute atomic E-state index is 12.3. The summed E-state index contributed by atoms with van der Waals surface area (Å²) >= 11 is 0. The van der Waals surface area contributed by atoms with Crippen molar-refractivity contribution < 1.29 is 28.2 Å². The largest absolute Gasteiger partial charge is 0.481 e. The molecule has 106 valence electrons. The fraction of sp³-hybridized carbons (Fsp3) is 0.417. The summed E-state index contributed by atoms with van der Waals surface area (Å²) in [6, 6.07) is 8.07. The van der Waals surface area contributed by atoms with E-state index in [1.807, 2.05) is 0 Å². The van der Waals surface area contributed by atoms with E-state index in [2.05, 4.69) is 0 Å². The van der Waals surface area contributed by atoms with E-state index < -0.39 is 24.8 Å². The van der Waals surface area contributed by atoms with Gasteiger partial charge in [-0.15, -0.1) is 0 Å². The number of nitrogens with zero attached hydrogens (tertiary/aromatic N) is 1. The molecule has 4 nitrogen and oxygen atoms in total. The number of rotatable bonds is 6. The molecule has 0 aliphatic carbocycles. The van der Waals surface area contributed by atoms with Gasteiger partial charge in [0.1, 0.15) is 0 Å². The van der Waals surface area contributed by atoms with Gasteiger partial charge in [-0.25, -0.2) is 0 Å². The second-order valence-corrected chi connectivity index (χ2v) is 3.98. The Balaban J connectivity index is 2.78. The van der Waals surface area contributed by atoms with Crippen LogP contribution in [0.3, 0.4) is 0 Å². The molecule has 0 radical (unpaired) electrons. The van der Waals surface area contributed by atoms with Crippen LogP contribution in [-0.4, -0.2) is 41.6 Å². The maximum atomic E-state index is 12.3. The topological polar surface area (TPSA) is 60.8 Å². The first kappa shape index (κ1) is 15.3. The number of hydrogen-bond donors (Lipinski definition) is 2. The lowest BCUT2D eigenvalue weighted by Gasteiger charge is -2.27. The Morgan fingerprint density at radius 1 is 1.26 bits per heavy atom. The number of aliphatic hydroxyl groups is 1. The Hall–Kier alpha value is -1.76. The number of alkyl halides is 3. The van der Waals surface area contributed by atoms with Gasteiger partial charge >= 0.3 is 12.1 Å². The average molecular weight is 277 g/mol. The Bertz CT molecular complexity index is 408. The highest BCUT2D eigenvalue weighted by atomic mass is 19.4. The fourth-order valence-electron chi connectivity index (χ4n) is 1.51. The van der Waals surface area contributed by atoms with Gasteiger partial charge in [-0.1, -0.05) is 18.2 Å². The van der Waals surface area contributed by atoms with Crippen molar-refractivity contribution >= 4 is 11.7 Å². The minimum absolute atomic E-state index is 0.105. The Morgan fingerprint density at radius 2 is 1.84 bits per heavy atom. The highest BCUT2D eigenvalue weighted by Crippen LogP contribution is 2.23. The van der Waals surface area contributed by atoms with Crippen LogP contribution in [0.15, 0.2) is 30.3 Å². The lowest BCUT2D eigenvalue weighted by atomic mass is 10.2. The highest BCUT2D eigenvalue weighted by Gasteiger charge is 2.39. The Kier molecular flexibility index (Phi) is 5.17. The van der Waals surface area contributed by atoms with Crippen molar-refractivity contribution in [3.63, 3.8) is 0 Å². The fourth-order valence-corrected chi connectivity index (χ4v) is 1.51. The summed E-state index contributed by atoms with van der Waals surface area (Å²) in [6.45, 7) is -0.798. The van der Waals surface area contributed by atoms with Crippen molar-refractivity contribution in [3.05, 3.63) is 30.3 Å². The quantitative estimate of drug-likeness (QED) is 0.833. The molecule has 0 spiro atoms. The van der Waals surface area contributed by atoms with Crippen molar-refractivity contribution in [2.75, 3.05) is 18.0 Å². The van der Waals surface area contributed by atoms with Crippen molar-refractivity contribution in [1.29, 1.82) is 0 Å². The van der Waals surface area contributed by atoms with E-state index in [-0.39, 0.29) is 13.0 Å². The molecule has 0 aromatic heterocycles. The van der Waals surface area contributed by atoms with E-state index in [1.165, 1.54) is 4.90 Å². The third-order valence-corrected chi connectivity index (χ3v) is 2.49. The van der Waals surface area contributed by atoms with Crippen molar-refractivity contribution in [1.82, 2.24) is 0 Å². The number of carboxylic acids is 1. The first-order chi connectivity index (χ1) is 8.80. The van der Waals surface area contributed by atoms with E-state index in [0.29, 0.717) is 5.69 Å². The first-order valence-corrected chi connectivity index (χ1v) is 5.57. The number of aliphatic carboxylic acids is 1. The van der Waals surface area contributed by atoms with E-state index in [4.69, 9.17) is 10.2 Å². The van der Waals surface area contributed by atoms with Crippen LogP contribution in [0.1, 0.15) is 6.42 Å². The zero-order valence-corrected chi connectivity index (χ0v) is 9.97. The summed E-state index contributed by atoms with van der Waals surface area (Å²) in [5.41, 5.74) is 0.437. The molecule has 1 aromatic rings. The van der Waals surface area contributed by atoms with Gasteiger partial charge in [0.2, 0.25) is 0 Å². The van der Waals surface area contributed by atoms with E-state index >= 15 is 0 Å². The van der Waals surface area contributed by atoms with Gasteiger partial charge in [0, 0.05) is 12.2 Å². The highest BCUT2D eigenvalue weighted by molar-refractivity contribution is 5.67. The molecule has 0 saturated heterocycles. The van der Waals surface area contributed by atoms with Crippen molar-refractivity contribution in [2.45, 2.75) is 18.7 Å². The molecule has 1 aromatic carbocycles. The molecule has 0 aliphatic rings. The molecule has 0 amide bonds. The summed E-state index contributed by atoms with van der Waals surface area (Å²) in [5, 5.41) is 17.7. The molecule has 1 atom stereocenters. The van der Waals surface area contributed by atoms with Crippen LogP contribution >= 0.6 is 0 Å². The third-order valence-electron chi connectivity index (χ3n) is 2.49. The molecule has 0 heterocycles. The van der Waals surface area contributed by atoms with Gasteiger partial charge in [0.15, 0.2) is 6.10 Å². The summed E-state index contributed by atoms with van der Waals surface area (Å²) < 4.78 is 37.0. The molecule has 19 heavy (non-hydrogen) atoms. The summed E-state index contributed by atoms with van der Waals surface area (Å²) in [7, 11) is 0. The predicted octanol–water partition coefficient (Wildman–Crippen LogP) is 1.89. The van der Waals surface area contributed by atoms with Crippen molar-refractivity contribution in [2.24, 2.45) is 0 Å². The number of carbonyl (C=O) groups is 1. The van der Waals surface area contributed by atoms with Gasteiger partial charge in [-0.3, -0.25) is 4.79 Å². The minimum Gasteiger partial charge on any atom is -0.481 e. The number of halogens is 3. The molecule has 0 aliphatic heterocycles. The van der Waals surface area contributed by atoms with Crippen LogP contribution in [0.25, 0.3) is 0 Å². The molecule has 0 fully saturated rings. The first-order valence-electron chi connectivity index (χ1n) is 5.57. The molecule has 0 saturated carbocycles. The molecule has 0 bridgehead atoms. The number of aliphatic hydroxyl groups excluding tert-OH is 1. The molecular weight excluding hydrogens is 263 g/mol. The number of benzene rings is 1. The Labute approximate surface area is 108 Å². The lowest BCUT2D eigenvalue weighted by Crippen LogP contribution is -2.41.